The van der Waals surface area contributed by atoms with Gasteiger partial charge in [0.05, 0.1) is 6.67 Å². The van der Waals surface area contributed by atoms with Gasteiger partial charge < -0.3 is 9.80 Å². The van der Waals surface area contributed by atoms with Crippen LogP contribution in [0.15, 0.2) is 22.2 Å². The minimum absolute atomic E-state index is 0.311. The quantitative estimate of drug-likeness (QED) is 0.626. The van der Waals surface area contributed by atoms with E-state index in [0.717, 1.165) is 31.6 Å². The number of anilines is 2. The smallest absolute Gasteiger partial charge is 0.329 e. The molecule has 1 aromatic rings. The minimum Gasteiger partial charge on any atom is -0.349 e. The van der Waals surface area contributed by atoms with E-state index in [0.29, 0.717) is 12.4 Å². The molecular formula is C13H20N4O2. The maximum atomic E-state index is 11.9. The van der Waals surface area contributed by atoms with Crippen LogP contribution >= 0.6 is 0 Å². The second kappa shape index (κ2) is 5.34. The van der Waals surface area contributed by atoms with Crippen LogP contribution in [-0.4, -0.2) is 29.8 Å². The first-order valence-corrected chi connectivity index (χ1v) is 6.46. The molecule has 104 valence electrons. The fourth-order valence-corrected chi connectivity index (χ4v) is 2.46. The zero-order valence-corrected chi connectivity index (χ0v) is 11.5. The Bertz CT molecular complexity index is 587. The summed E-state index contributed by atoms with van der Waals surface area (Å²) >= 11 is 0. The third-order valence-corrected chi connectivity index (χ3v) is 3.42. The molecule has 2 heterocycles. The highest BCUT2D eigenvalue weighted by atomic mass is 16.2. The van der Waals surface area contributed by atoms with Crippen molar-refractivity contribution < 1.29 is 0 Å². The van der Waals surface area contributed by atoms with Crippen molar-refractivity contribution in [3.05, 3.63) is 33.5 Å². The number of allylic oxidation sites excluding steroid dienone is 1. The van der Waals surface area contributed by atoms with Crippen LogP contribution in [0.25, 0.3) is 0 Å². The lowest BCUT2D eigenvalue weighted by Gasteiger charge is -2.20. The molecule has 0 spiro atoms. The van der Waals surface area contributed by atoms with Gasteiger partial charge in [0, 0.05) is 20.6 Å². The van der Waals surface area contributed by atoms with Crippen LogP contribution in [0.2, 0.25) is 0 Å². The van der Waals surface area contributed by atoms with Crippen molar-refractivity contribution >= 4 is 11.5 Å². The molecule has 6 heteroatoms. The van der Waals surface area contributed by atoms with E-state index in [1.807, 2.05) is 18.0 Å². The Morgan fingerprint density at radius 2 is 2.05 bits per heavy atom. The number of rotatable bonds is 5. The third-order valence-electron chi connectivity index (χ3n) is 3.42. The first kappa shape index (κ1) is 13.5. The molecule has 1 aliphatic rings. The van der Waals surface area contributed by atoms with Gasteiger partial charge in [-0.1, -0.05) is 6.08 Å². The van der Waals surface area contributed by atoms with E-state index in [1.54, 1.807) is 7.05 Å². The molecule has 2 rings (SSSR count). The number of hydrogen-bond donors (Lipinski definition) is 1. The van der Waals surface area contributed by atoms with Crippen molar-refractivity contribution in [1.29, 1.82) is 0 Å². The first-order valence-electron chi connectivity index (χ1n) is 6.46. The largest absolute Gasteiger partial charge is 0.349 e. The molecule has 1 aromatic heterocycles. The number of fused-ring (bicyclic) bond motifs is 1. The van der Waals surface area contributed by atoms with E-state index in [-0.39, 0.29) is 11.2 Å². The van der Waals surface area contributed by atoms with Gasteiger partial charge in [0.15, 0.2) is 0 Å². The van der Waals surface area contributed by atoms with Crippen molar-refractivity contribution in [1.82, 2.24) is 9.55 Å². The van der Waals surface area contributed by atoms with Crippen LogP contribution in [-0.2, 0) is 7.05 Å². The summed E-state index contributed by atoms with van der Waals surface area (Å²) in [4.78, 5) is 29.8. The average Bonchev–Trinajstić information content (AvgIpc) is 2.69. The molecule has 0 radical (unpaired) electrons. The zero-order valence-electron chi connectivity index (χ0n) is 11.5. The lowest BCUT2D eigenvalue weighted by Crippen LogP contribution is -2.32. The molecule has 1 aliphatic heterocycles. The molecule has 0 atom stereocenters. The highest BCUT2D eigenvalue weighted by molar-refractivity contribution is 5.71. The molecule has 0 saturated carbocycles. The van der Waals surface area contributed by atoms with Gasteiger partial charge in [-0.25, -0.2) is 4.79 Å². The molecule has 0 aliphatic carbocycles. The Hall–Kier alpha value is -1.98. The summed E-state index contributed by atoms with van der Waals surface area (Å²) < 4.78 is 1.51. The number of H-pyrrole nitrogens is 1. The first-order chi connectivity index (χ1) is 9.06. The molecule has 0 bridgehead atoms. The van der Waals surface area contributed by atoms with Crippen LogP contribution in [0, 0.1) is 0 Å². The van der Waals surface area contributed by atoms with Crippen LogP contribution in [0.3, 0.4) is 0 Å². The van der Waals surface area contributed by atoms with Gasteiger partial charge >= 0.3 is 5.69 Å². The Labute approximate surface area is 112 Å². The van der Waals surface area contributed by atoms with Gasteiger partial charge in [-0.15, -0.1) is 6.58 Å². The maximum Gasteiger partial charge on any atom is 0.329 e. The highest BCUT2D eigenvalue weighted by Crippen LogP contribution is 2.29. The summed E-state index contributed by atoms with van der Waals surface area (Å²) in [6.45, 7) is 5.18. The van der Waals surface area contributed by atoms with Crippen molar-refractivity contribution in [2.45, 2.75) is 19.3 Å². The second-order valence-electron chi connectivity index (χ2n) is 4.88. The van der Waals surface area contributed by atoms with E-state index in [1.165, 1.54) is 4.57 Å². The Kier molecular flexibility index (Phi) is 3.78. The summed E-state index contributed by atoms with van der Waals surface area (Å²) in [6, 6.07) is 0. The fourth-order valence-electron chi connectivity index (χ4n) is 2.46. The van der Waals surface area contributed by atoms with Gasteiger partial charge in [-0.2, -0.15) is 0 Å². The molecule has 0 saturated heterocycles. The van der Waals surface area contributed by atoms with Crippen molar-refractivity contribution in [2.75, 3.05) is 30.1 Å². The SMILES string of the molecule is C=CCCCCN1CN(C)c2c1n(C)c(=O)[nH]c2=O. The van der Waals surface area contributed by atoms with Crippen molar-refractivity contribution in [3.8, 4) is 0 Å². The van der Waals surface area contributed by atoms with Crippen LogP contribution in [0.4, 0.5) is 11.5 Å². The number of hydrogen-bond acceptors (Lipinski definition) is 4. The van der Waals surface area contributed by atoms with Gasteiger partial charge in [0.1, 0.15) is 11.5 Å². The number of aromatic amines is 1. The van der Waals surface area contributed by atoms with E-state index >= 15 is 0 Å². The molecule has 0 aromatic carbocycles. The van der Waals surface area contributed by atoms with Gasteiger partial charge in [-0.05, 0) is 19.3 Å². The molecule has 0 fully saturated rings. The predicted molar refractivity (Wildman–Crippen MR) is 77.0 cm³/mol. The second-order valence-corrected chi connectivity index (χ2v) is 4.88. The summed E-state index contributed by atoms with van der Waals surface area (Å²) in [5.74, 6) is 0.717. The molecular weight excluding hydrogens is 244 g/mol. The maximum absolute atomic E-state index is 11.9. The van der Waals surface area contributed by atoms with Crippen LogP contribution in [0.5, 0.6) is 0 Å². The number of aromatic nitrogens is 2. The summed E-state index contributed by atoms with van der Waals surface area (Å²) in [5, 5.41) is 0. The summed E-state index contributed by atoms with van der Waals surface area (Å²) in [6.07, 6.45) is 4.98. The van der Waals surface area contributed by atoms with Gasteiger partial charge in [-0.3, -0.25) is 14.3 Å². The van der Waals surface area contributed by atoms with E-state index in [2.05, 4.69) is 16.5 Å². The molecule has 0 amide bonds. The molecule has 6 nitrogen and oxygen atoms in total. The van der Waals surface area contributed by atoms with Gasteiger partial charge in [0.25, 0.3) is 5.56 Å². The number of nitrogens with one attached hydrogen (secondary N) is 1. The third kappa shape index (κ3) is 2.43. The lowest BCUT2D eigenvalue weighted by molar-refractivity contribution is 0.682. The van der Waals surface area contributed by atoms with Crippen molar-refractivity contribution in [2.24, 2.45) is 7.05 Å². The van der Waals surface area contributed by atoms with E-state index < -0.39 is 0 Å². The Balaban J connectivity index is 2.27. The van der Waals surface area contributed by atoms with E-state index in [9.17, 15) is 9.59 Å². The van der Waals surface area contributed by atoms with Crippen molar-refractivity contribution in [3.63, 3.8) is 0 Å². The topological polar surface area (TPSA) is 61.3 Å². The molecule has 0 unspecified atom stereocenters. The predicted octanol–water partition coefficient (Wildman–Crippen LogP) is 0.644. The zero-order chi connectivity index (χ0) is 14.0. The Morgan fingerprint density at radius 1 is 1.32 bits per heavy atom. The monoisotopic (exact) mass is 264 g/mol. The van der Waals surface area contributed by atoms with Crippen LogP contribution < -0.4 is 21.0 Å². The fraction of sp³-hybridized carbons (Fsp3) is 0.538. The standard InChI is InChI=1S/C13H20N4O2/c1-4-5-6-7-8-17-9-15(2)10-11(18)14-13(19)16(3)12(10)17/h4H,1,5-9H2,2-3H3,(H,14,18,19). The Morgan fingerprint density at radius 3 is 2.74 bits per heavy atom. The average molecular weight is 264 g/mol. The number of nitrogens with zero attached hydrogens (tertiary/aromatic N) is 3. The lowest BCUT2D eigenvalue weighted by atomic mass is 10.2. The summed E-state index contributed by atoms with van der Waals surface area (Å²) in [5.41, 5.74) is -0.102. The van der Waals surface area contributed by atoms with Gasteiger partial charge in [0.2, 0.25) is 0 Å². The normalized spacial score (nSPS) is 13.8. The molecule has 19 heavy (non-hydrogen) atoms. The molecule has 1 N–H and O–H groups in total. The highest BCUT2D eigenvalue weighted by Gasteiger charge is 2.28. The summed E-state index contributed by atoms with van der Waals surface area (Å²) in [7, 11) is 3.55. The van der Waals surface area contributed by atoms with Crippen LogP contribution in [0.1, 0.15) is 19.3 Å². The van der Waals surface area contributed by atoms with E-state index in [4.69, 9.17) is 0 Å². The minimum atomic E-state index is -0.366. The number of unbranched alkanes of at least 4 members (excludes halogenated alkanes) is 2.